The first-order chi connectivity index (χ1) is 8.97. The van der Waals surface area contributed by atoms with Crippen LogP contribution in [-0.2, 0) is 0 Å². The van der Waals surface area contributed by atoms with E-state index in [0.29, 0.717) is 0 Å². The number of amides is 1. The summed E-state index contributed by atoms with van der Waals surface area (Å²) in [4.78, 5) is 11.9. The summed E-state index contributed by atoms with van der Waals surface area (Å²) in [5.74, 6) is -1.23. The molecule has 3 nitrogen and oxygen atoms in total. The molecule has 0 aromatic heterocycles. The normalized spacial score (nSPS) is 10.3. The molecule has 0 aliphatic rings. The maximum absolute atomic E-state index is 13.2. The van der Waals surface area contributed by atoms with Gasteiger partial charge in [0.2, 0.25) is 0 Å². The van der Waals surface area contributed by atoms with Gasteiger partial charge in [0.25, 0.3) is 5.91 Å². The highest BCUT2D eigenvalue weighted by Crippen LogP contribution is 2.27. The highest BCUT2D eigenvalue weighted by atomic mass is 35.5. The van der Waals surface area contributed by atoms with Gasteiger partial charge in [0.05, 0.1) is 10.0 Å². The Bertz CT molecular complexity index is 623. The molecule has 0 saturated heterocycles. The van der Waals surface area contributed by atoms with Gasteiger partial charge in [-0.05, 0) is 30.3 Å². The Hall–Kier alpha value is -1.78. The third-order valence-corrected chi connectivity index (χ3v) is 2.90. The standard InChI is InChI=1S/C13H8Cl2FNO2/c14-10-5-8(6-11(15)12(10)16)17-13(19)7-2-1-3-9(18)4-7/h1-6,18H,(H,17,19). The van der Waals surface area contributed by atoms with Gasteiger partial charge in [-0.15, -0.1) is 0 Å². The minimum Gasteiger partial charge on any atom is -0.508 e. The number of phenolic OH excluding ortho intramolecular Hbond substituents is 1. The Kier molecular flexibility index (Phi) is 3.93. The van der Waals surface area contributed by atoms with E-state index in [1.807, 2.05) is 0 Å². The lowest BCUT2D eigenvalue weighted by Crippen LogP contribution is -2.11. The fourth-order valence-corrected chi connectivity index (χ4v) is 1.97. The summed E-state index contributed by atoms with van der Waals surface area (Å²) < 4.78 is 13.2. The van der Waals surface area contributed by atoms with E-state index in [4.69, 9.17) is 23.2 Å². The summed E-state index contributed by atoms with van der Waals surface area (Å²) in [5, 5.41) is 11.4. The van der Waals surface area contributed by atoms with E-state index >= 15 is 0 Å². The maximum Gasteiger partial charge on any atom is 0.255 e. The smallest absolute Gasteiger partial charge is 0.255 e. The van der Waals surface area contributed by atoms with E-state index in [1.165, 1.54) is 36.4 Å². The number of rotatable bonds is 2. The lowest BCUT2D eigenvalue weighted by atomic mass is 10.2. The molecule has 0 radical (unpaired) electrons. The molecule has 0 unspecified atom stereocenters. The van der Waals surface area contributed by atoms with Crippen LogP contribution < -0.4 is 5.32 Å². The molecule has 2 N–H and O–H groups in total. The number of halogens is 3. The molecular formula is C13H8Cl2FNO2. The zero-order valence-electron chi connectivity index (χ0n) is 9.45. The summed E-state index contributed by atoms with van der Waals surface area (Å²) in [6.45, 7) is 0. The Morgan fingerprint density at radius 1 is 1.16 bits per heavy atom. The summed E-state index contributed by atoms with van der Waals surface area (Å²) in [6.07, 6.45) is 0. The Morgan fingerprint density at radius 3 is 2.37 bits per heavy atom. The van der Waals surface area contributed by atoms with Gasteiger partial charge in [-0.1, -0.05) is 29.3 Å². The first-order valence-electron chi connectivity index (χ1n) is 5.22. The van der Waals surface area contributed by atoms with Gasteiger partial charge in [0, 0.05) is 11.3 Å². The Balaban J connectivity index is 2.24. The highest BCUT2D eigenvalue weighted by molar-refractivity contribution is 6.35. The number of benzene rings is 2. The van der Waals surface area contributed by atoms with Gasteiger partial charge >= 0.3 is 0 Å². The molecule has 19 heavy (non-hydrogen) atoms. The molecule has 0 saturated carbocycles. The third-order valence-electron chi connectivity index (χ3n) is 2.35. The van der Waals surface area contributed by atoms with E-state index in [1.54, 1.807) is 0 Å². The molecule has 0 spiro atoms. The van der Waals surface area contributed by atoms with E-state index in [2.05, 4.69) is 5.32 Å². The lowest BCUT2D eigenvalue weighted by Gasteiger charge is -2.07. The topological polar surface area (TPSA) is 49.3 Å². The molecule has 0 fully saturated rings. The fourth-order valence-electron chi connectivity index (χ4n) is 1.48. The van der Waals surface area contributed by atoms with Crippen molar-refractivity contribution in [1.29, 1.82) is 0 Å². The zero-order chi connectivity index (χ0) is 14.0. The monoisotopic (exact) mass is 299 g/mol. The molecule has 1 amide bonds. The molecule has 98 valence electrons. The minimum absolute atomic E-state index is 0.0252. The summed E-state index contributed by atoms with van der Waals surface area (Å²) >= 11 is 11.2. The molecule has 0 heterocycles. The predicted molar refractivity (Wildman–Crippen MR) is 72.5 cm³/mol. The number of nitrogens with one attached hydrogen (secondary N) is 1. The number of aromatic hydroxyl groups is 1. The maximum atomic E-state index is 13.2. The lowest BCUT2D eigenvalue weighted by molar-refractivity contribution is 0.102. The molecular weight excluding hydrogens is 292 g/mol. The molecule has 0 aliphatic carbocycles. The second kappa shape index (κ2) is 5.47. The molecule has 0 aliphatic heterocycles. The number of anilines is 1. The van der Waals surface area contributed by atoms with Crippen LogP contribution in [0.1, 0.15) is 10.4 Å². The van der Waals surface area contributed by atoms with Gasteiger partial charge in [-0.2, -0.15) is 0 Å². The average Bonchev–Trinajstić information content (AvgIpc) is 2.36. The quantitative estimate of drug-likeness (QED) is 0.821. The van der Waals surface area contributed by atoms with Crippen molar-refractivity contribution in [1.82, 2.24) is 0 Å². The number of phenols is 1. The number of hydrogen-bond acceptors (Lipinski definition) is 2. The van der Waals surface area contributed by atoms with Crippen molar-refractivity contribution in [3.63, 3.8) is 0 Å². The summed E-state index contributed by atoms with van der Waals surface area (Å²) in [7, 11) is 0. The van der Waals surface area contributed by atoms with Gasteiger partial charge in [0.15, 0.2) is 5.82 Å². The molecule has 6 heteroatoms. The minimum atomic E-state index is -0.737. The predicted octanol–water partition coefficient (Wildman–Crippen LogP) is 4.09. The second-order valence-corrected chi connectivity index (χ2v) is 4.57. The van der Waals surface area contributed by atoms with E-state index in [0.717, 1.165) is 0 Å². The largest absolute Gasteiger partial charge is 0.508 e. The molecule has 2 rings (SSSR count). The average molecular weight is 300 g/mol. The Labute approximate surface area is 118 Å². The second-order valence-electron chi connectivity index (χ2n) is 3.76. The van der Waals surface area contributed by atoms with E-state index in [-0.39, 0.29) is 27.0 Å². The highest BCUT2D eigenvalue weighted by Gasteiger charge is 2.11. The van der Waals surface area contributed by atoms with Crippen LogP contribution in [0.25, 0.3) is 0 Å². The van der Waals surface area contributed by atoms with Gasteiger partial charge in [-0.25, -0.2) is 4.39 Å². The molecule has 0 bridgehead atoms. The third kappa shape index (κ3) is 3.16. The van der Waals surface area contributed by atoms with E-state index < -0.39 is 11.7 Å². The summed E-state index contributed by atoms with van der Waals surface area (Å²) in [5.41, 5.74) is 0.529. The molecule has 2 aromatic rings. The van der Waals surface area contributed by atoms with Gasteiger partial charge < -0.3 is 10.4 Å². The van der Waals surface area contributed by atoms with E-state index in [9.17, 15) is 14.3 Å². The van der Waals surface area contributed by atoms with Crippen molar-refractivity contribution in [3.8, 4) is 5.75 Å². The van der Waals surface area contributed by atoms with Crippen LogP contribution in [0.5, 0.6) is 5.75 Å². The van der Waals surface area contributed by atoms with Crippen LogP contribution in [0.2, 0.25) is 10.0 Å². The first kappa shape index (κ1) is 13.6. The van der Waals surface area contributed by atoms with Crippen molar-refractivity contribution in [2.75, 3.05) is 5.32 Å². The number of hydrogen-bond donors (Lipinski definition) is 2. The van der Waals surface area contributed by atoms with Crippen LogP contribution in [0.15, 0.2) is 36.4 Å². The SMILES string of the molecule is O=C(Nc1cc(Cl)c(F)c(Cl)c1)c1cccc(O)c1. The summed E-state index contributed by atoms with van der Waals surface area (Å²) in [6, 6.07) is 8.33. The van der Waals surface area contributed by atoms with Crippen LogP contribution in [-0.4, -0.2) is 11.0 Å². The van der Waals surface area contributed by atoms with Gasteiger partial charge in [0.1, 0.15) is 5.75 Å². The zero-order valence-corrected chi connectivity index (χ0v) is 11.0. The van der Waals surface area contributed by atoms with Crippen LogP contribution in [0, 0.1) is 5.82 Å². The van der Waals surface area contributed by atoms with Crippen molar-refractivity contribution in [2.45, 2.75) is 0 Å². The molecule has 2 aromatic carbocycles. The van der Waals surface area contributed by atoms with Crippen molar-refractivity contribution < 1.29 is 14.3 Å². The number of carbonyl (C=O) groups excluding carboxylic acids is 1. The van der Waals surface area contributed by atoms with Crippen LogP contribution in [0.3, 0.4) is 0 Å². The Morgan fingerprint density at radius 2 is 1.79 bits per heavy atom. The first-order valence-corrected chi connectivity index (χ1v) is 5.98. The van der Waals surface area contributed by atoms with Gasteiger partial charge in [-0.3, -0.25) is 4.79 Å². The van der Waals surface area contributed by atoms with Crippen molar-refractivity contribution >= 4 is 34.8 Å². The molecule has 0 atom stereocenters. The number of carbonyl (C=O) groups is 1. The van der Waals surface area contributed by atoms with Crippen LogP contribution >= 0.6 is 23.2 Å². The van der Waals surface area contributed by atoms with Crippen molar-refractivity contribution in [3.05, 3.63) is 57.8 Å². The fraction of sp³-hybridized carbons (Fsp3) is 0. The van der Waals surface area contributed by atoms with Crippen LogP contribution in [0.4, 0.5) is 10.1 Å². The van der Waals surface area contributed by atoms with Crippen molar-refractivity contribution in [2.24, 2.45) is 0 Å².